The summed E-state index contributed by atoms with van der Waals surface area (Å²) in [4.78, 5) is 22.7. The first-order chi connectivity index (χ1) is 14.6. The van der Waals surface area contributed by atoms with E-state index in [9.17, 15) is 4.79 Å². The van der Waals surface area contributed by atoms with Gasteiger partial charge >= 0.3 is 5.97 Å². The van der Waals surface area contributed by atoms with Crippen LogP contribution < -0.4 is 9.46 Å². The summed E-state index contributed by atoms with van der Waals surface area (Å²) in [5.74, 6) is 0.547. The fourth-order valence-electron chi connectivity index (χ4n) is 2.87. The Morgan fingerprint density at radius 2 is 1.70 bits per heavy atom. The van der Waals surface area contributed by atoms with E-state index < -0.39 is 5.92 Å². The Kier molecular flexibility index (Phi) is 7.68. The molecule has 0 fully saturated rings. The van der Waals surface area contributed by atoms with Gasteiger partial charge in [-0.25, -0.2) is 4.98 Å². The number of hydrogen-bond donors (Lipinski definition) is 1. The van der Waals surface area contributed by atoms with Crippen molar-refractivity contribution in [2.75, 3.05) is 11.3 Å². The number of anilines is 1. The first kappa shape index (κ1) is 21.6. The molecule has 1 heterocycles. The summed E-state index contributed by atoms with van der Waals surface area (Å²) in [6.07, 6.45) is 0. The molecular formula is C23H25N3O3S. The average Bonchev–Trinajstić information content (AvgIpc) is 2.74. The number of benzene rings is 2. The number of carbonyl (C=O) groups is 1. The molecule has 6 nitrogen and oxygen atoms in total. The molecule has 0 radical (unpaired) electrons. The van der Waals surface area contributed by atoms with Crippen LogP contribution in [-0.4, -0.2) is 22.5 Å². The van der Waals surface area contributed by atoms with Crippen LogP contribution in [0.2, 0.25) is 0 Å². The quantitative estimate of drug-likeness (QED) is 0.350. The van der Waals surface area contributed by atoms with Crippen molar-refractivity contribution in [2.24, 2.45) is 5.92 Å². The van der Waals surface area contributed by atoms with Crippen LogP contribution in [0, 0.1) is 5.92 Å². The van der Waals surface area contributed by atoms with Gasteiger partial charge in [-0.3, -0.25) is 9.52 Å². The summed E-state index contributed by atoms with van der Waals surface area (Å²) in [6.45, 7) is 6.04. The average molecular weight is 424 g/mol. The maximum absolute atomic E-state index is 12.6. The highest BCUT2D eigenvalue weighted by molar-refractivity contribution is 8.00. The Labute approximate surface area is 181 Å². The molecule has 1 N–H and O–H groups in total. The fraction of sp³-hybridized carbons (Fsp3) is 0.261. The summed E-state index contributed by atoms with van der Waals surface area (Å²) in [7, 11) is 0. The molecule has 30 heavy (non-hydrogen) atoms. The normalized spacial score (nSPS) is 11.7. The number of rotatable bonds is 9. The second-order valence-corrected chi connectivity index (χ2v) is 7.74. The third-order valence-corrected chi connectivity index (χ3v) is 5.01. The Hall–Kier alpha value is -3.06. The van der Waals surface area contributed by atoms with Crippen LogP contribution in [0.4, 0.5) is 5.95 Å². The number of nitrogens with zero attached hydrogens (tertiary/aromatic N) is 2. The third kappa shape index (κ3) is 5.97. The van der Waals surface area contributed by atoms with E-state index in [4.69, 9.17) is 9.47 Å². The summed E-state index contributed by atoms with van der Waals surface area (Å²) in [5.41, 5.74) is 0.556. The second kappa shape index (κ2) is 10.6. The lowest BCUT2D eigenvalue weighted by atomic mass is 9.92. The first-order valence-corrected chi connectivity index (χ1v) is 10.6. The molecule has 3 rings (SSSR count). The first-order valence-electron chi connectivity index (χ1n) is 9.83. The van der Waals surface area contributed by atoms with Crippen LogP contribution in [0.5, 0.6) is 11.6 Å². The Bertz CT molecular complexity index is 952. The SMILES string of the molecule is CCOC(=O)C(c1cc(Oc2ccccc2)nc(NSc2ccccc2)n1)C(C)C. The monoisotopic (exact) mass is 423 g/mol. The van der Waals surface area contributed by atoms with Crippen LogP contribution in [0.3, 0.4) is 0 Å². The van der Waals surface area contributed by atoms with E-state index >= 15 is 0 Å². The zero-order valence-electron chi connectivity index (χ0n) is 17.2. The van der Waals surface area contributed by atoms with Gasteiger partial charge in [-0.15, -0.1) is 0 Å². The molecule has 0 aliphatic rings. The second-order valence-electron chi connectivity index (χ2n) is 6.86. The van der Waals surface area contributed by atoms with Gasteiger partial charge in [0.2, 0.25) is 11.8 Å². The molecule has 1 aromatic heterocycles. The Morgan fingerprint density at radius 1 is 1.03 bits per heavy atom. The molecule has 0 bridgehead atoms. The van der Waals surface area contributed by atoms with Crippen LogP contribution in [0.1, 0.15) is 32.4 Å². The van der Waals surface area contributed by atoms with Gasteiger partial charge in [-0.05, 0) is 49.1 Å². The van der Waals surface area contributed by atoms with E-state index in [1.54, 1.807) is 13.0 Å². The van der Waals surface area contributed by atoms with Gasteiger partial charge in [0.15, 0.2) is 0 Å². The fourth-order valence-corrected chi connectivity index (χ4v) is 3.46. The lowest BCUT2D eigenvalue weighted by Crippen LogP contribution is -2.22. The molecule has 156 valence electrons. The van der Waals surface area contributed by atoms with Crippen molar-refractivity contribution in [2.45, 2.75) is 31.6 Å². The molecular weight excluding hydrogens is 398 g/mol. The van der Waals surface area contributed by atoms with Crippen molar-refractivity contribution < 1.29 is 14.3 Å². The number of hydrogen-bond acceptors (Lipinski definition) is 7. The number of para-hydroxylation sites is 1. The minimum absolute atomic E-state index is 0.00171. The smallest absolute Gasteiger partial charge is 0.315 e. The maximum Gasteiger partial charge on any atom is 0.315 e. The summed E-state index contributed by atoms with van der Waals surface area (Å²) < 4.78 is 14.4. The van der Waals surface area contributed by atoms with Crippen LogP contribution in [-0.2, 0) is 9.53 Å². The van der Waals surface area contributed by atoms with E-state index in [2.05, 4.69) is 14.7 Å². The van der Waals surface area contributed by atoms with Crippen molar-refractivity contribution in [3.8, 4) is 11.6 Å². The number of aromatic nitrogens is 2. The molecule has 3 aromatic rings. The highest BCUT2D eigenvalue weighted by Gasteiger charge is 2.28. The molecule has 0 amide bonds. The predicted octanol–water partition coefficient (Wildman–Crippen LogP) is 5.69. The summed E-state index contributed by atoms with van der Waals surface area (Å²) >= 11 is 1.39. The standard InChI is InChI=1S/C23H25N3O3S/c1-4-28-22(27)21(16(2)3)19-15-20(29-17-11-7-5-8-12-17)25-23(24-19)26-30-18-13-9-6-10-14-18/h5-16,21H,4H2,1-3H3,(H,24,25,26). The third-order valence-electron chi connectivity index (χ3n) is 4.22. The molecule has 0 spiro atoms. The topological polar surface area (TPSA) is 73.3 Å². The zero-order valence-corrected chi connectivity index (χ0v) is 18.1. The largest absolute Gasteiger partial charge is 0.465 e. The zero-order chi connectivity index (χ0) is 21.3. The van der Waals surface area contributed by atoms with E-state index in [1.807, 2.05) is 74.5 Å². The van der Waals surface area contributed by atoms with E-state index in [0.717, 1.165) is 4.90 Å². The van der Waals surface area contributed by atoms with Gasteiger partial charge < -0.3 is 9.47 Å². The molecule has 2 aromatic carbocycles. The lowest BCUT2D eigenvalue weighted by Gasteiger charge is -2.20. The van der Waals surface area contributed by atoms with Crippen molar-refractivity contribution in [3.63, 3.8) is 0 Å². The highest BCUT2D eigenvalue weighted by Crippen LogP contribution is 2.30. The van der Waals surface area contributed by atoms with E-state index in [0.29, 0.717) is 29.9 Å². The molecule has 0 aliphatic carbocycles. The van der Waals surface area contributed by atoms with E-state index in [1.165, 1.54) is 11.9 Å². The van der Waals surface area contributed by atoms with Crippen LogP contribution >= 0.6 is 11.9 Å². The Balaban J connectivity index is 1.93. The number of carbonyl (C=O) groups excluding carboxylic acids is 1. The lowest BCUT2D eigenvalue weighted by molar-refractivity contribution is -0.146. The molecule has 1 atom stereocenters. The molecule has 0 aliphatic heterocycles. The molecule has 0 saturated carbocycles. The van der Waals surface area contributed by atoms with Crippen molar-refractivity contribution in [1.29, 1.82) is 0 Å². The number of nitrogens with one attached hydrogen (secondary N) is 1. The maximum atomic E-state index is 12.6. The number of esters is 1. The van der Waals surface area contributed by atoms with Crippen LogP contribution in [0.25, 0.3) is 0 Å². The van der Waals surface area contributed by atoms with Gasteiger partial charge in [-0.2, -0.15) is 4.98 Å². The van der Waals surface area contributed by atoms with Gasteiger partial charge in [0.1, 0.15) is 11.7 Å². The molecule has 7 heteroatoms. The van der Waals surface area contributed by atoms with Gasteiger partial charge in [0.05, 0.1) is 12.3 Å². The number of ether oxygens (including phenoxy) is 2. The summed E-state index contributed by atoms with van der Waals surface area (Å²) in [6, 6.07) is 20.9. The minimum Gasteiger partial charge on any atom is -0.465 e. The van der Waals surface area contributed by atoms with Crippen molar-refractivity contribution in [3.05, 3.63) is 72.4 Å². The van der Waals surface area contributed by atoms with Gasteiger partial charge in [-0.1, -0.05) is 50.2 Å². The van der Waals surface area contributed by atoms with E-state index in [-0.39, 0.29) is 11.9 Å². The predicted molar refractivity (Wildman–Crippen MR) is 119 cm³/mol. The molecule has 0 saturated heterocycles. The van der Waals surface area contributed by atoms with Crippen molar-refractivity contribution >= 4 is 23.9 Å². The van der Waals surface area contributed by atoms with Gasteiger partial charge in [0.25, 0.3) is 0 Å². The summed E-state index contributed by atoms with van der Waals surface area (Å²) in [5, 5.41) is 0. The molecule has 1 unspecified atom stereocenters. The van der Waals surface area contributed by atoms with Gasteiger partial charge in [0, 0.05) is 11.0 Å². The highest BCUT2D eigenvalue weighted by atomic mass is 32.2. The van der Waals surface area contributed by atoms with Crippen molar-refractivity contribution in [1.82, 2.24) is 9.97 Å². The Morgan fingerprint density at radius 3 is 2.33 bits per heavy atom. The minimum atomic E-state index is -0.520. The van der Waals surface area contributed by atoms with Crippen LogP contribution in [0.15, 0.2) is 71.6 Å².